The van der Waals surface area contributed by atoms with Gasteiger partial charge in [0.25, 0.3) is 0 Å². The van der Waals surface area contributed by atoms with Crippen LogP contribution in [-0.4, -0.2) is 26.1 Å². The fraction of sp³-hybridized carbons (Fsp3) is 0.833. The third-order valence-corrected chi connectivity index (χ3v) is 4.25. The van der Waals surface area contributed by atoms with Gasteiger partial charge in [-0.3, -0.25) is 4.79 Å². The summed E-state index contributed by atoms with van der Waals surface area (Å²) >= 11 is 0. The molecule has 0 aromatic carbocycles. The van der Waals surface area contributed by atoms with E-state index >= 15 is 0 Å². The fourth-order valence-corrected chi connectivity index (χ4v) is 2.37. The van der Waals surface area contributed by atoms with Gasteiger partial charge in [-0.05, 0) is 12.3 Å². The number of esters is 1. The van der Waals surface area contributed by atoms with Crippen molar-refractivity contribution in [3.63, 3.8) is 0 Å². The number of carbonyl (C=O) groups is 2. The highest BCUT2D eigenvalue weighted by atomic mass is 28.3. The maximum Gasteiger partial charge on any atom is 0.306 e. The molecule has 0 fully saturated rings. The van der Waals surface area contributed by atoms with E-state index in [4.69, 9.17) is 4.74 Å². The molecule has 3 nitrogen and oxygen atoms in total. The molecule has 0 rings (SSSR count). The summed E-state index contributed by atoms with van der Waals surface area (Å²) in [6.45, 7) is 12.2. The number of ether oxygens (including phenoxy) is 1. The summed E-state index contributed by atoms with van der Waals surface area (Å²) in [5.41, 5.74) is -0.288. The Labute approximate surface area is 99.6 Å². The molecule has 0 saturated carbocycles. The molecule has 0 spiro atoms. The number of hydrogen-bond donors (Lipinski definition) is 0. The maximum atomic E-state index is 11.9. The van der Waals surface area contributed by atoms with E-state index in [0.717, 1.165) is 0 Å². The Morgan fingerprint density at radius 3 is 2.00 bits per heavy atom. The topological polar surface area (TPSA) is 43.4 Å². The van der Waals surface area contributed by atoms with Crippen molar-refractivity contribution >= 4 is 19.4 Å². The van der Waals surface area contributed by atoms with Gasteiger partial charge in [0, 0.05) is 6.42 Å². The van der Waals surface area contributed by atoms with Crippen LogP contribution >= 0.6 is 0 Å². The van der Waals surface area contributed by atoms with Crippen LogP contribution in [-0.2, 0) is 14.3 Å². The highest BCUT2D eigenvalue weighted by Gasteiger charge is 2.32. The standard InChI is InChI=1S/C12H24O3Si/c1-7-15-10(13)8-12(2,3)9-11(14)16(4,5)6/h7-9H2,1-6H3. The van der Waals surface area contributed by atoms with E-state index in [9.17, 15) is 9.59 Å². The van der Waals surface area contributed by atoms with Gasteiger partial charge in [0.15, 0.2) is 0 Å². The van der Waals surface area contributed by atoms with Gasteiger partial charge in [-0.2, -0.15) is 0 Å². The molecule has 16 heavy (non-hydrogen) atoms. The SMILES string of the molecule is CCOC(=O)CC(C)(C)CC(=O)[Si](C)(C)C. The van der Waals surface area contributed by atoms with Gasteiger partial charge in [-0.25, -0.2) is 0 Å². The van der Waals surface area contributed by atoms with Crippen LogP contribution in [0.3, 0.4) is 0 Å². The average Bonchev–Trinajstić information content (AvgIpc) is 1.99. The molecule has 0 aromatic heterocycles. The minimum atomic E-state index is -1.73. The first kappa shape index (κ1) is 15.4. The summed E-state index contributed by atoms with van der Waals surface area (Å²) in [4.78, 5) is 23.3. The number of carbonyl (C=O) groups excluding carboxylic acids is 2. The number of rotatable bonds is 6. The van der Waals surface area contributed by atoms with Crippen molar-refractivity contribution in [3.05, 3.63) is 0 Å². The zero-order valence-electron chi connectivity index (χ0n) is 11.3. The van der Waals surface area contributed by atoms with Crippen molar-refractivity contribution in [2.45, 2.75) is 53.3 Å². The lowest BCUT2D eigenvalue weighted by Crippen LogP contribution is -2.37. The molecular formula is C12H24O3Si. The van der Waals surface area contributed by atoms with E-state index < -0.39 is 8.07 Å². The van der Waals surface area contributed by atoms with Gasteiger partial charge in [-0.1, -0.05) is 33.5 Å². The highest BCUT2D eigenvalue weighted by Crippen LogP contribution is 2.27. The van der Waals surface area contributed by atoms with Crippen molar-refractivity contribution in [1.82, 2.24) is 0 Å². The van der Waals surface area contributed by atoms with Crippen LogP contribution in [0.15, 0.2) is 0 Å². The van der Waals surface area contributed by atoms with Crippen molar-refractivity contribution < 1.29 is 14.3 Å². The summed E-state index contributed by atoms with van der Waals surface area (Å²) in [6, 6.07) is 0. The first-order chi connectivity index (χ1) is 7.08. The molecule has 0 unspecified atom stereocenters. The van der Waals surface area contributed by atoms with Crippen LogP contribution in [0, 0.1) is 5.41 Å². The normalized spacial score (nSPS) is 12.4. The lowest BCUT2D eigenvalue weighted by molar-refractivity contribution is -0.145. The van der Waals surface area contributed by atoms with E-state index in [2.05, 4.69) is 0 Å². The second kappa shape index (κ2) is 5.62. The van der Waals surface area contributed by atoms with Crippen LogP contribution in [0.1, 0.15) is 33.6 Å². The minimum absolute atomic E-state index is 0.212. The Morgan fingerprint density at radius 2 is 1.62 bits per heavy atom. The molecule has 0 amide bonds. The molecule has 0 N–H and O–H groups in total. The van der Waals surface area contributed by atoms with E-state index in [1.165, 1.54) is 0 Å². The van der Waals surface area contributed by atoms with Crippen molar-refractivity contribution in [1.29, 1.82) is 0 Å². The summed E-state index contributed by atoms with van der Waals surface area (Å²) in [7, 11) is -1.73. The molecule has 0 aliphatic heterocycles. The Morgan fingerprint density at radius 1 is 1.12 bits per heavy atom. The first-order valence-corrected chi connectivity index (χ1v) is 9.27. The van der Waals surface area contributed by atoms with Gasteiger partial charge in [0.05, 0.1) is 13.0 Å². The van der Waals surface area contributed by atoms with E-state index in [1.807, 2.05) is 33.5 Å². The predicted octanol–water partition coefficient (Wildman–Crippen LogP) is 2.80. The van der Waals surface area contributed by atoms with E-state index in [-0.39, 0.29) is 11.4 Å². The van der Waals surface area contributed by atoms with Gasteiger partial charge < -0.3 is 9.53 Å². The monoisotopic (exact) mass is 244 g/mol. The molecule has 0 aliphatic rings. The number of hydrogen-bond acceptors (Lipinski definition) is 3. The Balaban J connectivity index is 4.35. The molecule has 0 saturated heterocycles. The van der Waals surface area contributed by atoms with Gasteiger partial charge in [0.2, 0.25) is 0 Å². The summed E-state index contributed by atoms with van der Waals surface area (Å²) in [5.74, 6) is -0.212. The molecule has 0 atom stereocenters. The van der Waals surface area contributed by atoms with Crippen molar-refractivity contribution in [3.8, 4) is 0 Å². The highest BCUT2D eigenvalue weighted by molar-refractivity contribution is 7.03. The molecule has 0 aliphatic carbocycles. The van der Waals surface area contributed by atoms with Crippen LogP contribution < -0.4 is 0 Å². The quantitative estimate of drug-likeness (QED) is 0.533. The molecule has 0 heterocycles. The fourth-order valence-electron chi connectivity index (χ4n) is 1.37. The Bertz CT molecular complexity index is 264. The minimum Gasteiger partial charge on any atom is -0.466 e. The third-order valence-electron chi connectivity index (χ3n) is 2.40. The maximum absolute atomic E-state index is 11.9. The lowest BCUT2D eigenvalue weighted by atomic mass is 9.86. The summed E-state index contributed by atoms with van der Waals surface area (Å²) in [6.07, 6.45) is 0.790. The van der Waals surface area contributed by atoms with Gasteiger partial charge in [-0.15, -0.1) is 0 Å². The average molecular weight is 244 g/mol. The Kier molecular flexibility index (Phi) is 5.39. The van der Waals surface area contributed by atoms with E-state index in [1.54, 1.807) is 6.92 Å². The first-order valence-electron chi connectivity index (χ1n) is 5.77. The third kappa shape index (κ3) is 6.05. The second-order valence-corrected chi connectivity index (χ2v) is 11.1. The summed E-state index contributed by atoms with van der Waals surface area (Å²) in [5, 5.41) is 0.321. The molecule has 0 radical (unpaired) electrons. The zero-order valence-corrected chi connectivity index (χ0v) is 12.3. The van der Waals surface area contributed by atoms with Crippen LogP contribution in [0.5, 0.6) is 0 Å². The Hall–Kier alpha value is -0.643. The van der Waals surface area contributed by atoms with E-state index in [0.29, 0.717) is 24.9 Å². The lowest BCUT2D eigenvalue weighted by Gasteiger charge is -2.26. The zero-order chi connectivity index (χ0) is 13.0. The second-order valence-electron chi connectivity index (χ2n) is 6.00. The molecule has 0 aromatic rings. The molecule has 4 heteroatoms. The van der Waals surface area contributed by atoms with Gasteiger partial charge >= 0.3 is 5.97 Å². The molecular weight excluding hydrogens is 220 g/mol. The van der Waals surface area contributed by atoms with Crippen LogP contribution in [0.2, 0.25) is 19.6 Å². The van der Waals surface area contributed by atoms with Crippen LogP contribution in [0.4, 0.5) is 0 Å². The smallest absolute Gasteiger partial charge is 0.306 e. The predicted molar refractivity (Wildman–Crippen MR) is 68.0 cm³/mol. The molecule has 94 valence electrons. The van der Waals surface area contributed by atoms with Gasteiger partial charge in [0.1, 0.15) is 13.5 Å². The molecule has 0 bridgehead atoms. The largest absolute Gasteiger partial charge is 0.466 e. The van der Waals surface area contributed by atoms with Crippen molar-refractivity contribution in [2.75, 3.05) is 6.61 Å². The summed E-state index contributed by atoms with van der Waals surface area (Å²) < 4.78 is 4.91. The van der Waals surface area contributed by atoms with Crippen LogP contribution in [0.25, 0.3) is 0 Å². The van der Waals surface area contributed by atoms with Crippen molar-refractivity contribution in [2.24, 2.45) is 5.41 Å².